The van der Waals surface area contributed by atoms with Crippen LogP contribution in [-0.2, 0) is 23.2 Å². The first-order chi connectivity index (χ1) is 17.6. The van der Waals surface area contributed by atoms with Crippen LogP contribution in [0.5, 0.6) is 0 Å². The highest BCUT2D eigenvalue weighted by Crippen LogP contribution is 2.27. The van der Waals surface area contributed by atoms with Gasteiger partial charge in [0.2, 0.25) is 5.95 Å². The molecule has 0 radical (unpaired) electrons. The van der Waals surface area contributed by atoms with Gasteiger partial charge in [-0.15, -0.1) is 11.3 Å². The van der Waals surface area contributed by atoms with E-state index in [1.165, 1.54) is 11.3 Å². The average molecular weight is 632 g/mol. The van der Waals surface area contributed by atoms with E-state index in [0.29, 0.717) is 30.5 Å². The van der Waals surface area contributed by atoms with Crippen molar-refractivity contribution in [3.63, 3.8) is 0 Å². The van der Waals surface area contributed by atoms with Crippen molar-refractivity contribution in [2.24, 2.45) is 0 Å². The molecule has 0 bridgehead atoms. The Kier molecular flexibility index (Phi) is 8.55. The summed E-state index contributed by atoms with van der Waals surface area (Å²) in [6, 6.07) is 7.99. The Morgan fingerprint density at radius 2 is 2.03 bits per heavy atom. The number of amides is 1. The Labute approximate surface area is 234 Å². The molecule has 11 heteroatoms. The van der Waals surface area contributed by atoms with Gasteiger partial charge in [-0.2, -0.15) is 5.10 Å². The van der Waals surface area contributed by atoms with Crippen LogP contribution < -0.4 is 10.6 Å². The third-order valence-electron chi connectivity index (χ3n) is 5.59. The minimum Gasteiger partial charge on any atom is -0.383 e. The molecular weight excluding hydrogens is 601 g/mol. The van der Waals surface area contributed by atoms with Crippen LogP contribution in [0.15, 0.2) is 42.9 Å². The summed E-state index contributed by atoms with van der Waals surface area (Å²) in [6.07, 6.45) is 5.31. The predicted molar refractivity (Wildman–Crippen MR) is 154 cm³/mol. The lowest BCUT2D eigenvalue weighted by molar-refractivity contribution is 0.0954. The lowest BCUT2D eigenvalue weighted by Crippen LogP contribution is -2.22. The molecule has 4 aromatic rings. The number of aryl methyl sites for hydroxylation is 1. The Morgan fingerprint density at radius 3 is 2.73 bits per heavy atom. The maximum atomic E-state index is 12.6. The largest absolute Gasteiger partial charge is 0.383 e. The summed E-state index contributed by atoms with van der Waals surface area (Å²) < 4.78 is 7.79. The summed E-state index contributed by atoms with van der Waals surface area (Å²) in [5, 5.41) is 11.7. The zero-order chi connectivity index (χ0) is 26.6. The van der Waals surface area contributed by atoms with Crippen LogP contribution in [-0.4, -0.2) is 44.4 Å². The lowest BCUT2D eigenvalue weighted by Gasteiger charge is -2.13. The minimum absolute atomic E-state index is 0.0729. The van der Waals surface area contributed by atoms with Gasteiger partial charge in [0.1, 0.15) is 8.58 Å². The fourth-order valence-corrected chi connectivity index (χ4v) is 4.96. The van der Waals surface area contributed by atoms with E-state index in [4.69, 9.17) is 9.72 Å². The second kappa shape index (κ2) is 11.7. The fourth-order valence-electron chi connectivity index (χ4n) is 3.52. The Bertz CT molecular complexity index is 1390. The SMILES string of the molecule is COCCn1cc(Nc2nccc(-c3ccc(CNC(=O)c4cnc(C(C)(C)C)s4)c(C)c3)n2)c(I)n1. The number of carbonyl (C=O) groups is 1. The van der Waals surface area contributed by atoms with Crippen LogP contribution >= 0.6 is 33.9 Å². The molecule has 37 heavy (non-hydrogen) atoms. The number of hydrogen-bond acceptors (Lipinski definition) is 8. The van der Waals surface area contributed by atoms with Crippen LogP contribution in [0.2, 0.25) is 0 Å². The van der Waals surface area contributed by atoms with Gasteiger partial charge in [-0.05, 0) is 52.8 Å². The van der Waals surface area contributed by atoms with Gasteiger partial charge in [-0.1, -0.05) is 32.9 Å². The summed E-state index contributed by atoms with van der Waals surface area (Å²) >= 11 is 3.62. The van der Waals surface area contributed by atoms with E-state index in [9.17, 15) is 4.79 Å². The highest BCUT2D eigenvalue weighted by atomic mass is 127. The van der Waals surface area contributed by atoms with Crippen LogP contribution in [0.1, 0.15) is 46.6 Å². The second-order valence-corrected chi connectivity index (χ2v) is 11.6. The van der Waals surface area contributed by atoms with Crippen molar-refractivity contribution >= 4 is 51.5 Å². The second-order valence-electron chi connectivity index (χ2n) is 9.58. The lowest BCUT2D eigenvalue weighted by atomic mass is 9.98. The molecule has 0 atom stereocenters. The Morgan fingerprint density at radius 1 is 1.22 bits per heavy atom. The molecular formula is C26H30IN7O2S. The molecule has 0 saturated heterocycles. The fraction of sp³-hybridized carbons (Fsp3) is 0.346. The van der Waals surface area contributed by atoms with E-state index in [1.54, 1.807) is 19.5 Å². The van der Waals surface area contributed by atoms with E-state index in [2.05, 4.69) is 75.1 Å². The predicted octanol–water partition coefficient (Wildman–Crippen LogP) is 5.33. The van der Waals surface area contributed by atoms with Crippen molar-refractivity contribution in [1.29, 1.82) is 0 Å². The van der Waals surface area contributed by atoms with Gasteiger partial charge in [0.05, 0.1) is 35.7 Å². The summed E-state index contributed by atoms with van der Waals surface area (Å²) in [6.45, 7) is 10.0. The van der Waals surface area contributed by atoms with Gasteiger partial charge >= 0.3 is 0 Å². The number of nitrogens with one attached hydrogen (secondary N) is 2. The summed E-state index contributed by atoms with van der Waals surface area (Å²) in [4.78, 5) is 26.7. The molecule has 0 unspecified atom stereocenters. The molecule has 2 N–H and O–H groups in total. The van der Waals surface area contributed by atoms with Gasteiger partial charge < -0.3 is 15.4 Å². The number of hydrogen-bond donors (Lipinski definition) is 2. The number of rotatable bonds is 9. The van der Waals surface area contributed by atoms with Crippen LogP contribution in [0.3, 0.4) is 0 Å². The van der Waals surface area contributed by atoms with Gasteiger partial charge in [0.15, 0.2) is 0 Å². The first kappa shape index (κ1) is 27.1. The highest BCUT2D eigenvalue weighted by Gasteiger charge is 2.20. The molecule has 3 aromatic heterocycles. The third-order valence-corrected chi connectivity index (χ3v) is 7.81. The molecule has 0 saturated carbocycles. The monoisotopic (exact) mass is 631 g/mol. The number of nitrogens with zero attached hydrogens (tertiary/aromatic N) is 5. The standard InChI is InChI=1S/C26H30IN7O2S/c1-16-12-17(6-7-18(16)13-29-23(35)21-14-30-24(37-21)26(2,3)4)19-8-9-28-25(31-19)32-20-15-34(10-11-36-5)33-22(20)27/h6-9,12,14-15H,10-11,13H2,1-5H3,(H,29,35)(H,28,31,32). The third kappa shape index (κ3) is 6.90. The van der Waals surface area contributed by atoms with Crippen molar-refractivity contribution in [2.45, 2.75) is 46.2 Å². The van der Waals surface area contributed by atoms with E-state index in [-0.39, 0.29) is 11.3 Å². The van der Waals surface area contributed by atoms with Crippen LogP contribution in [0.25, 0.3) is 11.3 Å². The summed E-state index contributed by atoms with van der Waals surface area (Å²) in [5.74, 6) is 0.387. The summed E-state index contributed by atoms with van der Waals surface area (Å²) in [7, 11) is 1.67. The molecule has 3 heterocycles. The molecule has 0 aliphatic heterocycles. The van der Waals surface area contributed by atoms with Crippen molar-refractivity contribution in [1.82, 2.24) is 30.0 Å². The number of carbonyl (C=O) groups excluding carboxylic acids is 1. The summed E-state index contributed by atoms with van der Waals surface area (Å²) in [5.41, 5.74) is 4.66. The molecule has 194 valence electrons. The highest BCUT2D eigenvalue weighted by molar-refractivity contribution is 14.1. The van der Waals surface area contributed by atoms with Crippen LogP contribution in [0, 0.1) is 10.6 Å². The number of ether oxygens (including phenoxy) is 1. The smallest absolute Gasteiger partial charge is 0.263 e. The van der Waals surface area contributed by atoms with Crippen molar-refractivity contribution in [3.8, 4) is 11.3 Å². The maximum Gasteiger partial charge on any atom is 0.263 e. The van der Waals surface area contributed by atoms with Gasteiger partial charge in [0.25, 0.3) is 5.91 Å². The molecule has 1 aromatic carbocycles. The van der Waals surface area contributed by atoms with Crippen molar-refractivity contribution < 1.29 is 9.53 Å². The first-order valence-corrected chi connectivity index (χ1v) is 13.7. The molecule has 0 aliphatic carbocycles. The Hall–Kier alpha value is -2.90. The van der Waals surface area contributed by atoms with Gasteiger partial charge in [-0.3, -0.25) is 9.48 Å². The topological polar surface area (TPSA) is 107 Å². The molecule has 9 nitrogen and oxygen atoms in total. The molecule has 1 amide bonds. The van der Waals surface area contributed by atoms with E-state index in [0.717, 1.165) is 36.8 Å². The maximum absolute atomic E-state index is 12.6. The van der Waals surface area contributed by atoms with Gasteiger partial charge in [-0.25, -0.2) is 15.0 Å². The number of benzene rings is 1. The molecule has 0 aliphatic rings. The van der Waals surface area contributed by atoms with Crippen molar-refractivity contribution in [3.05, 3.63) is 67.6 Å². The first-order valence-electron chi connectivity index (χ1n) is 11.8. The van der Waals surface area contributed by atoms with E-state index < -0.39 is 0 Å². The van der Waals surface area contributed by atoms with E-state index >= 15 is 0 Å². The minimum atomic E-state index is -0.108. The number of halogens is 1. The number of aromatic nitrogens is 5. The zero-order valence-electron chi connectivity index (χ0n) is 21.5. The normalized spacial score (nSPS) is 11.5. The number of methoxy groups -OCH3 is 1. The number of anilines is 2. The van der Waals surface area contributed by atoms with Gasteiger partial charge in [0, 0.05) is 37.0 Å². The molecule has 0 fully saturated rings. The number of thiazole rings is 1. The molecule has 0 spiro atoms. The van der Waals surface area contributed by atoms with Crippen LogP contribution in [0.4, 0.5) is 11.6 Å². The Balaban J connectivity index is 1.42. The quantitative estimate of drug-likeness (QED) is 0.241. The van der Waals surface area contributed by atoms with E-state index in [1.807, 2.05) is 36.0 Å². The average Bonchev–Trinajstić information content (AvgIpc) is 3.49. The molecule has 4 rings (SSSR count). The van der Waals surface area contributed by atoms with Crippen molar-refractivity contribution in [2.75, 3.05) is 19.0 Å². The zero-order valence-corrected chi connectivity index (χ0v) is 24.5.